The first-order valence-corrected chi connectivity index (χ1v) is 9.22. The van der Waals surface area contributed by atoms with Gasteiger partial charge in [0.05, 0.1) is 6.54 Å². The number of hydrogen-bond donors (Lipinski definition) is 1. The van der Waals surface area contributed by atoms with E-state index in [0.717, 1.165) is 24.3 Å². The van der Waals surface area contributed by atoms with Crippen molar-refractivity contribution in [2.24, 2.45) is 0 Å². The lowest BCUT2D eigenvalue weighted by Gasteiger charge is -2.26. The molecule has 140 valence electrons. The lowest BCUT2D eigenvalue weighted by molar-refractivity contribution is -0.128. The number of carbonyl (C=O) groups is 2. The van der Waals surface area contributed by atoms with Crippen LogP contribution >= 0.6 is 0 Å². The van der Waals surface area contributed by atoms with Crippen LogP contribution in [-0.2, 0) is 11.3 Å². The molecule has 1 saturated heterocycles. The first-order chi connectivity index (χ1) is 13.2. The third kappa shape index (κ3) is 4.05. The van der Waals surface area contributed by atoms with Crippen molar-refractivity contribution < 1.29 is 19.1 Å². The van der Waals surface area contributed by atoms with E-state index in [1.165, 1.54) is 0 Å². The number of hydrogen-bond acceptors (Lipinski definition) is 4. The highest BCUT2D eigenvalue weighted by Crippen LogP contribution is 2.30. The van der Waals surface area contributed by atoms with Gasteiger partial charge in [0.2, 0.25) is 5.91 Å². The van der Waals surface area contributed by atoms with E-state index >= 15 is 0 Å². The summed E-state index contributed by atoms with van der Waals surface area (Å²) in [5.41, 5.74) is 1.62. The number of nitrogens with one attached hydrogen (secondary N) is 1. The zero-order chi connectivity index (χ0) is 18.6. The van der Waals surface area contributed by atoms with Crippen molar-refractivity contribution in [3.8, 4) is 11.5 Å². The van der Waals surface area contributed by atoms with Crippen LogP contribution < -0.4 is 14.8 Å². The van der Waals surface area contributed by atoms with Crippen LogP contribution in [0.5, 0.6) is 11.5 Å². The summed E-state index contributed by atoms with van der Waals surface area (Å²) in [5.74, 6) is 1.48. The number of fused-ring (bicyclic) bond motifs is 1. The monoisotopic (exact) mass is 366 g/mol. The molecule has 2 aromatic carbocycles. The lowest BCUT2D eigenvalue weighted by Crippen LogP contribution is -2.40. The lowest BCUT2D eigenvalue weighted by atomic mass is 10.1. The van der Waals surface area contributed by atoms with E-state index < -0.39 is 0 Å². The van der Waals surface area contributed by atoms with Crippen molar-refractivity contribution in [2.45, 2.75) is 25.5 Å². The predicted octanol–water partition coefficient (Wildman–Crippen LogP) is 2.38. The largest absolute Gasteiger partial charge is 0.486 e. The van der Waals surface area contributed by atoms with Crippen LogP contribution in [0.25, 0.3) is 0 Å². The molecular formula is C21H22N2O4. The minimum absolute atomic E-state index is 0.152. The average molecular weight is 366 g/mol. The Hall–Kier alpha value is -3.02. The average Bonchev–Trinajstić information content (AvgIpc) is 3.11. The van der Waals surface area contributed by atoms with E-state index in [1.54, 1.807) is 12.1 Å². The molecular weight excluding hydrogens is 344 g/mol. The minimum atomic E-state index is -0.218. The van der Waals surface area contributed by atoms with Gasteiger partial charge in [-0.25, -0.2) is 0 Å². The second kappa shape index (κ2) is 7.70. The molecule has 0 spiro atoms. The highest BCUT2D eigenvalue weighted by atomic mass is 16.6. The Balaban J connectivity index is 1.29. The fourth-order valence-electron chi connectivity index (χ4n) is 3.33. The molecule has 2 aromatic rings. The zero-order valence-electron chi connectivity index (χ0n) is 15.0. The van der Waals surface area contributed by atoms with Crippen molar-refractivity contribution in [3.05, 3.63) is 59.7 Å². The molecule has 1 N–H and O–H groups in total. The van der Waals surface area contributed by atoms with Crippen LogP contribution in [0, 0.1) is 0 Å². The molecule has 6 nitrogen and oxygen atoms in total. The zero-order valence-corrected chi connectivity index (χ0v) is 15.0. The standard InChI is InChI=1S/C21H22N2O4/c24-20-6-3-11-23(20)13-15-7-9-16(10-8-15)21(25)22-12-17-14-26-18-4-1-2-5-19(18)27-17/h1-2,4-5,7-10,17H,3,6,11-14H2,(H,22,25). The Morgan fingerprint density at radius 3 is 2.63 bits per heavy atom. The van der Waals surface area contributed by atoms with E-state index in [-0.39, 0.29) is 17.9 Å². The van der Waals surface area contributed by atoms with Gasteiger partial charge in [-0.15, -0.1) is 0 Å². The van der Waals surface area contributed by atoms with Crippen molar-refractivity contribution >= 4 is 11.8 Å². The van der Waals surface area contributed by atoms with Crippen LogP contribution in [-0.4, -0.2) is 42.5 Å². The normalized spacial score (nSPS) is 18.4. The Morgan fingerprint density at radius 1 is 1.11 bits per heavy atom. The van der Waals surface area contributed by atoms with Gasteiger partial charge in [-0.2, -0.15) is 0 Å². The topological polar surface area (TPSA) is 67.9 Å². The summed E-state index contributed by atoms with van der Waals surface area (Å²) in [6.45, 7) is 2.19. The molecule has 27 heavy (non-hydrogen) atoms. The quantitative estimate of drug-likeness (QED) is 0.882. The molecule has 2 aliphatic rings. The van der Waals surface area contributed by atoms with E-state index in [1.807, 2.05) is 41.3 Å². The highest BCUT2D eigenvalue weighted by Gasteiger charge is 2.22. The Kier molecular flexibility index (Phi) is 4.96. The van der Waals surface area contributed by atoms with E-state index in [4.69, 9.17) is 9.47 Å². The summed E-state index contributed by atoms with van der Waals surface area (Å²) in [4.78, 5) is 25.9. The molecule has 2 amide bonds. The fourth-order valence-corrected chi connectivity index (χ4v) is 3.33. The first-order valence-electron chi connectivity index (χ1n) is 9.22. The van der Waals surface area contributed by atoms with Crippen molar-refractivity contribution in [1.29, 1.82) is 0 Å². The van der Waals surface area contributed by atoms with Crippen LogP contribution in [0.2, 0.25) is 0 Å². The highest BCUT2D eigenvalue weighted by molar-refractivity contribution is 5.94. The van der Waals surface area contributed by atoms with E-state index in [2.05, 4.69) is 5.32 Å². The van der Waals surface area contributed by atoms with E-state index in [0.29, 0.717) is 37.4 Å². The molecule has 0 saturated carbocycles. The number of benzene rings is 2. The van der Waals surface area contributed by atoms with Gasteiger partial charge in [-0.05, 0) is 36.2 Å². The van der Waals surface area contributed by atoms with Gasteiger partial charge < -0.3 is 19.7 Å². The molecule has 6 heteroatoms. The van der Waals surface area contributed by atoms with Gasteiger partial charge in [-0.1, -0.05) is 24.3 Å². The molecule has 0 radical (unpaired) electrons. The molecule has 0 bridgehead atoms. The molecule has 2 heterocycles. The summed E-state index contributed by atoms with van der Waals surface area (Å²) in [6, 6.07) is 14.9. The smallest absolute Gasteiger partial charge is 0.251 e. The number of ether oxygens (including phenoxy) is 2. The fraction of sp³-hybridized carbons (Fsp3) is 0.333. The number of nitrogens with zero attached hydrogens (tertiary/aromatic N) is 1. The second-order valence-electron chi connectivity index (χ2n) is 6.82. The Bertz CT molecular complexity index is 834. The number of amides is 2. The van der Waals surface area contributed by atoms with Crippen molar-refractivity contribution in [3.63, 3.8) is 0 Å². The van der Waals surface area contributed by atoms with Gasteiger partial charge in [-0.3, -0.25) is 9.59 Å². The number of para-hydroxylation sites is 2. The maximum atomic E-state index is 12.4. The minimum Gasteiger partial charge on any atom is -0.486 e. The van der Waals surface area contributed by atoms with Gasteiger partial charge in [0.1, 0.15) is 12.7 Å². The van der Waals surface area contributed by atoms with E-state index in [9.17, 15) is 9.59 Å². The second-order valence-corrected chi connectivity index (χ2v) is 6.82. The van der Waals surface area contributed by atoms with Gasteiger partial charge in [0.25, 0.3) is 5.91 Å². The molecule has 1 atom stereocenters. The maximum Gasteiger partial charge on any atom is 0.251 e. The number of rotatable bonds is 5. The summed E-state index contributed by atoms with van der Waals surface area (Å²) in [7, 11) is 0. The van der Waals surface area contributed by atoms with Gasteiger partial charge >= 0.3 is 0 Å². The molecule has 1 fully saturated rings. The number of carbonyl (C=O) groups excluding carboxylic acids is 2. The van der Waals surface area contributed by atoms with Gasteiger partial charge in [0, 0.05) is 25.1 Å². The molecule has 0 aliphatic carbocycles. The number of likely N-dealkylation sites (tertiary alicyclic amines) is 1. The maximum absolute atomic E-state index is 12.4. The summed E-state index contributed by atoms with van der Waals surface area (Å²) in [6.07, 6.45) is 1.35. The van der Waals surface area contributed by atoms with Crippen molar-refractivity contribution in [1.82, 2.24) is 10.2 Å². The third-order valence-corrected chi connectivity index (χ3v) is 4.82. The first kappa shape index (κ1) is 17.4. The SMILES string of the molecule is O=C(NCC1COc2ccccc2O1)c1ccc(CN2CCCC2=O)cc1. The molecule has 0 aromatic heterocycles. The molecule has 1 unspecified atom stereocenters. The summed E-state index contributed by atoms with van der Waals surface area (Å²) < 4.78 is 11.5. The molecule has 4 rings (SSSR count). The van der Waals surface area contributed by atoms with Crippen LogP contribution in [0.3, 0.4) is 0 Å². The van der Waals surface area contributed by atoms with Gasteiger partial charge in [0.15, 0.2) is 11.5 Å². The van der Waals surface area contributed by atoms with Crippen LogP contribution in [0.4, 0.5) is 0 Å². The third-order valence-electron chi connectivity index (χ3n) is 4.82. The van der Waals surface area contributed by atoms with Crippen LogP contribution in [0.1, 0.15) is 28.8 Å². The summed E-state index contributed by atoms with van der Waals surface area (Å²) in [5, 5.41) is 2.89. The Labute approximate surface area is 158 Å². The molecule has 2 aliphatic heterocycles. The summed E-state index contributed by atoms with van der Waals surface area (Å²) >= 11 is 0. The Morgan fingerprint density at radius 2 is 1.89 bits per heavy atom. The van der Waals surface area contributed by atoms with Crippen LogP contribution in [0.15, 0.2) is 48.5 Å². The van der Waals surface area contributed by atoms with Crippen molar-refractivity contribution in [2.75, 3.05) is 19.7 Å². The predicted molar refractivity (Wildman–Crippen MR) is 99.8 cm³/mol.